The highest BCUT2D eigenvalue weighted by Crippen LogP contribution is 2.20. The molecule has 7 nitrogen and oxygen atoms in total. The lowest BCUT2D eigenvalue weighted by atomic mass is 10.1. The third kappa shape index (κ3) is 2.50. The maximum absolute atomic E-state index is 12.3. The van der Waals surface area contributed by atoms with Crippen molar-refractivity contribution in [1.82, 2.24) is 13.9 Å². The number of nitrogens with zero attached hydrogens (tertiary/aromatic N) is 4. The maximum atomic E-state index is 12.3. The van der Waals surface area contributed by atoms with E-state index in [1.807, 2.05) is 0 Å². The van der Waals surface area contributed by atoms with Gasteiger partial charge in [-0.2, -0.15) is 4.31 Å². The number of sulfonamides is 1. The van der Waals surface area contributed by atoms with Gasteiger partial charge >= 0.3 is 0 Å². The van der Waals surface area contributed by atoms with Crippen molar-refractivity contribution in [1.29, 1.82) is 0 Å². The van der Waals surface area contributed by atoms with Gasteiger partial charge in [-0.25, -0.2) is 23.2 Å². The molecule has 0 aromatic carbocycles. The predicted molar refractivity (Wildman–Crippen MR) is 63.1 cm³/mol. The molecule has 2 rings (SSSR count). The molecular formula is C10H14N4O3S. The first-order valence-electron chi connectivity index (χ1n) is 5.59. The summed E-state index contributed by atoms with van der Waals surface area (Å²) in [5, 5.41) is 0.0285. The lowest BCUT2D eigenvalue weighted by molar-refractivity contribution is 0.316. The molecule has 8 heteroatoms. The van der Waals surface area contributed by atoms with E-state index in [1.54, 1.807) is 11.6 Å². The minimum absolute atomic E-state index is 0.0285. The fourth-order valence-corrected chi connectivity index (χ4v) is 3.46. The summed E-state index contributed by atoms with van der Waals surface area (Å²) >= 11 is 0. The van der Waals surface area contributed by atoms with Gasteiger partial charge in [0.1, 0.15) is 0 Å². The van der Waals surface area contributed by atoms with Crippen LogP contribution in [0.5, 0.6) is 0 Å². The number of hydrogen-bond donors (Lipinski definition) is 0. The molecule has 0 aliphatic carbocycles. The molecule has 1 aromatic rings. The number of rotatable bonds is 3. The van der Waals surface area contributed by atoms with E-state index in [9.17, 15) is 13.2 Å². The van der Waals surface area contributed by atoms with E-state index in [1.165, 1.54) is 22.9 Å². The fourth-order valence-electron chi connectivity index (χ4n) is 1.97. The van der Waals surface area contributed by atoms with Crippen LogP contribution < -0.4 is 0 Å². The van der Waals surface area contributed by atoms with Crippen LogP contribution in [0.25, 0.3) is 0 Å². The standard InChI is InChI=1S/C10H14N4O3S/c1-13-6-10(11-7-13)18(16,17)14-4-2-3-9(5-14)12-8-15/h6-7,9H,2-5H2,1H3. The first-order chi connectivity index (χ1) is 8.54. The Hall–Kier alpha value is -1.50. The van der Waals surface area contributed by atoms with E-state index in [2.05, 4.69) is 9.98 Å². The Morgan fingerprint density at radius 1 is 1.56 bits per heavy atom. The van der Waals surface area contributed by atoms with Crippen LogP contribution in [0.1, 0.15) is 12.8 Å². The van der Waals surface area contributed by atoms with E-state index in [4.69, 9.17) is 0 Å². The summed E-state index contributed by atoms with van der Waals surface area (Å²) in [6, 6.07) is -0.297. The molecule has 1 atom stereocenters. The minimum atomic E-state index is -3.58. The quantitative estimate of drug-likeness (QED) is 0.567. The first kappa shape index (κ1) is 12.9. The average Bonchev–Trinajstić information content (AvgIpc) is 2.77. The Balaban J connectivity index is 2.22. The molecule has 1 aliphatic heterocycles. The van der Waals surface area contributed by atoms with Crippen molar-refractivity contribution >= 4 is 16.1 Å². The molecule has 1 unspecified atom stereocenters. The second kappa shape index (κ2) is 5.01. The highest BCUT2D eigenvalue weighted by Gasteiger charge is 2.31. The molecule has 0 bridgehead atoms. The molecule has 1 saturated heterocycles. The molecule has 0 N–H and O–H groups in total. The van der Waals surface area contributed by atoms with Gasteiger partial charge in [0.05, 0.1) is 12.4 Å². The van der Waals surface area contributed by atoms with E-state index >= 15 is 0 Å². The van der Waals surface area contributed by atoms with E-state index in [0.29, 0.717) is 19.4 Å². The zero-order chi connectivity index (χ0) is 13.2. The molecular weight excluding hydrogens is 256 g/mol. The van der Waals surface area contributed by atoms with Gasteiger partial charge in [-0.15, -0.1) is 0 Å². The van der Waals surface area contributed by atoms with Crippen LogP contribution in [0.15, 0.2) is 22.5 Å². The Morgan fingerprint density at radius 2 is 2.33 bits per heavy atom. The molecule has 18 heavy (non-hydrogen) atoms. The summed E-state index contributed by atoms with van der Waals surface area (Å²) in [5.74, 6) is 0. The van der Waals surface area contributed by atoms with Crippen LogP contribution >= 0.6 is 0 Å². The number of aromatic nitrogens is 2. The molecule has 98 valence electrons. The summed E-state index contributed by atoms with van der Waals surface area (Å²) in [4.78, 5) is 17.7. The number of imidazole rings is 1. The van der Waals surface area contributed by atoms with Crippen molar-refractivity contribution in [3.05, 3.63) is 12.5 Å². The molecule has 0 saturated carbocycles. The third-order valence-electron chi connectivity index (χ3n) is 2.88. The summed E-state index contributed by atoms with van der Waals surface area (Å²) < 4.78 is 27.4. The minimum Gasteiger partial charge on any atom is -0.339 e. The first-order valence-corrected chi connectivity index (χ1v) is 7.03. The van der Waals surface area contributed by atoms with Gasteiger partial charge in [0, 0.05) is 26.3 Å². The van der Waals surface area contributed by atoms with Crippen molar-refractivity contribution in [3.8, 4) is 0 Å². The van der Waals surface area contributed by atoms with Gasteiger partial charge in [0.25, 0.3) is 10.0 Å². The Morgan fingerprint density at radius 3 is 2.94 bits per heavy atom. The van der Waals surface area contributed by atoms with Gasteiger partial charge in [0.2, 0.25) is 6.08 Å². The zero-order valence-electron chi connectivity index (χ0n) is 9.98. The topological polar surface area (TPSA) is 84.6 Å². The summed E-state index contributed by atoms with van der Waals surface area (Å²) in [6.45, 7) is 0.651. The SMILES string of the molecule is Cn1cnc(S(=O)(=O)N2CCCC(N=C=O)C2)c1. The van der Waals surface area contributed by atoms with Crippen LogP contribution in [0.2, 0.25) is 0 Å². The van der Waals surface area contributed by atoms with Gasteiger partial charge in [-0.1, -0.05) is 0 Å². The number of isocyanates is 1. The third-order valence-corrected chi connectivity index (χ3v) is 4.63. The number of hydrogen-bond acceptors (Lipinski definition) is 5. The van der Waals surface area contributed by atoms with Crippen molar-refractivity contribution in [2.75, 3.05) is 13.1 Å². The second-order valence-electron chi connectivity index (χ2n) is 4.26. The van der Waals surface area contributed by atoms with Crippen LogP contribution in [-0.4, -0.2) is 47.5 Å². The monoisotopic (exact) mass is 270 g/mol. The Kier molecular flexibility index (Phi) is 3.60. The van der Waals surface area contributed by atoms with Crippen LogP contribution in [-0.2, 0) is 21.9 Å². The van der Waals surface area contributed by atoms with Crippen LogP contribution in [0.3, 0.4) is 0 Å². The summed E-state index contributed by atoms with van der Waals surface area (Å²) in [7, 11) is -1.87. The summed E-state index contributed by atoms with van der Waals surface area (Å²) in [5.41, 5.74) is 0. The highest BCUT2D eigenvalue weighted by molar-refractivity contribution is 7.89. The van der Waals surface area contributed by atoms with E-state index in [-0.39, 0.29) is 17.6 Å². The lowest BCUT2D eigenvalue weighted by Crippen LogP contribution is -2.41. The summed E-state index contributed by atoms with van der Waals surface area (Å²) in [6.07, 6.45) is 5.78. The van der Waals surface area contributed by atoms with Gasteiger partial charge in [-0.3, -0.25) is 0 Å². The van der Waals surface area contributed by atoms with Crippen molar-refractivity contribution in [2.24, 2.45) is 12.0 Å². The number of aliphatic imine (C=N–C) groups is 1. The average molecular weight is 270 g/mol. The molecule has 0 radical (unpaired) electrons. The molecule has 1 fully saturated rings. The van der Waals surface area contributed by atoms with E-state index < -0.39 is 10.0 Å². The lowest BCUT2D eigenvalue weighted by Gasteiger charge is -2.28. The largest absolute Gasteiger partial charge is 0.339 e. The van der Waals surface area contributed by atoms with Gasteiger partial charge in [0.15, 0.2) is 5.03 Å². The number of piperidine rings is 1. The second-order valence-corrected chi connectivity index (χ2v) is 6.14. The Bertz CT molecular complexity index is 574. The zero-order valence-corrected chi connectivity index (χ0v) is 10.8. The van der Waals surface area contributed by atoms with Crippen LogP contribution in [0, 0.1) is 0 Å². The highest BCUT2D eigenvalue weighted by atomic mass is 32.2. The van der Waals surface area contributed by atoms with Gasteiger partial charge in [-0.05, 0) is 12.8 Å². The van der Waals surface area contributed by atoms with Crippen molar-refractivity contribution in [2.45, 2.75) is 23.9 Å². The normalized spacial score (nSPS) is 21.5. The molecule has 0 spiro atoms. The van der Waals surface area contributed by atoms with Crippen molar-refractivity contribution in [3.63, 3.8) is 0 Å². The van der Waals surface area contributed by atoms with Crippen LogP contribution in [0.4, 0.5) is 0 Å². The maximum Gasteiger partial charge on any atom is 0.262 e. The smallest absolute Gasteiger partial charge is 0.262 e. The molecule has 1 aromatic heterocycles. The number of aryl methyl sites for hydroxylation is 1. The van der Waals surface area contributed by atoms with Crippen molar-refractivity contribution < 1.29 is 13.2 Å². The van der Waals surface area contributed by atoms with Gasteiger partial charge < -0.3 is 4.57 Å². The fraction of sp³-hybridized carbons (Fsp3) is 0.600. The molecule has 0 amide bonds. The predicted octanol–water partition coefficient (Wildman–Crippen LogP) is -0.0910. The number of carbonyl (C=O) groups excluding carboxylic acids is 1. The molecule has 2 heterocycles. The van der Waals surface area contributed by atoms with E-state index in [0.717, 1.165) is 0 Å². The molecule has 1 aliphatic rings. The Labute approximate surface area is 105 Å².